The monoisotopic (exact) mass is 263 g/mol. The Morgan fingerprint density at radius 2 is 2.00 bits per heavy atom. The van der Waals surface area contributed by atoms with Crippen LogP contribution in [0.1, 0.15) is 16.1 Å². The molecule has 0 spiro atoms. The molecule has 2 aromatic rings. The van der Waals surface area contributed by atoms with Crippen LogP contribution in [0.5, 0.6) is 0 Å². The van der Waals surface area contributed by atoms with E-state index in [4.69, 9.17) is 4.42 Å². The lowest BCUT2D eigenvalue weighted by Crippen LogP contribution is -2.22. The van der Waals surface area contributed by atoms with E-state index in [-0.39, 0.29) is 5.91 Å². The number of benzene rings is 1. The van der Waals surface area contributed by atoms with E-state index in [2.05, 4.69) is 5.32 Å². The van der Waals surface area contributed by atoms with Gasteiger partial charge in [-0.2, -0.15) is 0 Å². The summed E-state index contributed by atoms with van der Waals surface area (Å²) in [7, 11) is -1.03. The number of hydrogen-bond acceptors (Lipinski definition) is 3. The maximum Gasteiger partial charge on any atom is 0.251 e. The number of amides is 1. The third kappa shape index (κ3) is 3.07. The van der Waals surface area contributed by atoms with Crippen molar-refractivity contribution in [3.63, 3.8) is 0 Å². The molecule has 1 atom stereocenters. The minimum atomic E-state index is -1.03. The zero-order chi connectivity index (χ0) is 13.0. The highest BCUT2D eigenvalue weighted by Gasteiger charge is 2.06. The third-order valence-electron chi connectivity index (χ3n) is 2.45. The van der Waals surface area contributed by atoms with Crippen LogP contribution in [0.25, 0.3) is 0 Å². The summed E-state index contributed by atoms with van der Waals surface area (Å²) in [4.78, 5) is 12.5. The van der Waals surface area contributed by atoms with Gasteiger partial charge in [0.1, 0.15) is 5.76 Å². The molecule has 1 aromatic heterocycles. The van der Waals surface area contributed by atoms with E-state index in [1.807, 2.05) is 0 Å². The molecule has 0 aliphatic heterocycles. The molecule has 0 bridgehead atoms. The number of nitrogens with one attached hydrogen (secondary N) is 1. The Hall–Kier alpha value is -1.88. The molecule has 5 heteroatoms. The van der Waals surface area contributed by atoms with E-state index in [0.717, 1.165) is 0 Å². The predicted molar refractivity (Wildman–Crippen MR) is 68.7 cm³/mol. The van der Waals surface area contributed by atoms with Crippen LogP contribution in [0.2, 0.25) is 0 Å². The van der Waals surface area contributed by atoms with Gasteiger partial charge in [0.05, 0.1) is 12.8 Å². The Labute approximate surface area is 107 Å². The molecule has 1 amide bonds. The van der Waals surface area contributed by atoms with Crippen molar-refractivity contribution < 1.29 is 13.4 Å². The van der Waals surface area contributed by atoms with Crippen molar-refractivity contribution >= 4 is 16.7 Å². The van der Waals surface area contributed by atoms with E-state index in [1.165, 1.54) is 0 Å². The molecule has 1 heterocycles. The molecule has 0 aliphatic carbocycles. The standard InChI is InChI=1S/C13H13NO3S/c1-18(16)12-6-4-10(5-7-12)13(15)14-9-11-3-2-8-17-11/h2-8H,9H2,1H3,(H,14,15)/t18-/m1/s1. The summed E-state index contributed by atoms with van der Waals surface area (Å²) in [5.41, 5.74) is 0.538. The van der Waals surface area contributed by atoms with Crippen LogP contribution < -0.4 is 5.32 Å². The van der Waals surface area contributed by atoms with Crippen molar-refractivity contribution in [2.45, 2.75) is 11.4 Å². The van der Waals surface area contributed by atoms with Gasteiger partial charge in [-0.25, -0.2) is 0 Å². The number of furan rings is 1. The van der Waals surface area contributed by atoms with Gasteiger partial charge in [0.2, 0.25) is 0 Å². The van der Waals surface area contributed by atoms with Crippen LogP contribution in [0.3, 0.4) is 0 Å². The smallest absolute Gasteiger partial charge is 0.251 e. The van der Waals surface area contributed by atoms with Crippen molar-refractivity contribution in [2.24, 2.45) is 0 Å². The van der Waals surface area contributed by atoms with Gasteiger partial charge in [-0.1, -0.05) is 0 Å². The van der Waals surface area contributed by atoms with Gasteiger partial charge < -0.3 is 9.73 Å². The van der Waals surface area contributed by atoms with Gasteiger partial charge in [0.15, 0.2) is 0 Å². The van der Waals surface area contributed by atoms with Crippen LogP contribution in [-0.2, 0) is 17.3 Å². The molecule has 1 aromatic carbocycles. The molecule has 0 saturated carbocycles. The minimum Gasteiger partial charge on any atom is -0.467 e. The summed E-state index contributed by atoms with van der Waals surface area (Å²) < 4.78 is 16.3. The Bertz CT molecular complexity index is 546. The summed E-state index contributed by atoms with van der Waals surface area (Å²) in [6.45, 7) is 0.354. The first-order valence-electron chi connectivity index (χ1n) is 5.41. The third-order valence-corrected chi connectivity index (χ3v) is 3.39. The molecule has 4 nitrogen and oxygen atoms in total. The van der Waals surface area contributed by atoms with E-state index < -0.39 is 10.8 Å². The lowest BCUT2D eigenvalue weighted by Gasteiger charge is -2.04. The molecule has 0 saturated heterocycles. The largest absolute Gasteiger partial charge is 0.467 e. The van der Waals surface area contributed by atoms with Crippen molar-refractivity contribution in [1.29, 1.82) is 0 Å². The van der Waals surface area contributed by atoms with Crippen LogP contribution in [-0.4, -0.2) is 16.4 Å². The highest BCUT2D eigenvalue weighted by atomic mass is 32.2. The van der Waals surface area contributed by atoms with Crippen LogP contribution in [0.4, 0.5) is 0 Å². The topological polar surface area (TPSA) is 59.3 Å². The number of hydrogen-bond donors (Lipinski definition) is 1. The quantitative estimate of drug-likeness (QED) is 0.917. The fraction of sp³-hybridized carbons (Fsp3) is 0.154. The molecule has 0 radical (unpaired) electrons. The van der Waals surface area contributed by atoms with Gasteiger partial charge in [0, 0.05) is 27.5 Å². The SMILES string of the molecule is C[S@@](=O)c1ccc(C(=O)NCc2ccco2)cc1. The van der Waals surface area contributed by atoms with Crippen LogP contribution in [0, 0.1) is 0 Å². The van der Waals surface area contributed by atoms with Crippen LogP contribution in [0.15, 0.2) is 52.0 Å². The van der Waals surface area contributed by atoms with E-state index in [0.29, 0.717) is 22.8 Å². The number of rotatable bonds is 4. The lowest BCUT2D eigenvalue weighted by atomic mass is 10.2. The molecule has 0 unspecified atom stereocenters. The van der Waals surface area contributed by atoms with Crippen molar-refractivity contribution in [2.75, 3.05) is 6.26 Å². The Balaban J connectivity index is 1.98. The molecular weight excluding hydrogens is 250 g/mol. The van der Waals surface area contributed by atoms with Gasteiger partial charge in [-0.15, -0.1) is 0 Å². The maximum atomic E-state index is 11.8. The molecule has 2 rings (SSSR count). The fourth-order valence-electron chi connectivity index (χ4n) is 1.48. The van der Waals surface area contributed by atoms with Gasteiger partial charge in [-0.3, -0.25) is 9.00 Å². The first kappa shape index (κ1) is 12.6. The van der Waals surface area contributed by atoms with Crippen LogP contribution >= 0.6 is 0 Å². The normalized spacial score (nSPS) is 12.1. The van der Waals surface area contributed by atoms with E-state index in [1.54, 1.807) is 48.9 Å². The first-order valence-corrected chi connectivity index (χ1v) is 6.96. The first-order chi connectivity index (χ1) is 8.66. The Kier molecular flexibility index (Phi) is 3.94. The summed E-state index contributed by atoms with van der Waals surface area (Å²) in [5, 5.41) is 2.74. The zero-order valence-electron chi connectivity index (χ0n) is 9.88. The highest BCUT2D eigenvalue weighted by Crippen LogP contribution is 2.08. The lowest BCUT2D eigenvalue weighted by molar-refractivity contribution is 0.0948. The van der Waals surface area contributed by atoms with E-state index >= 15 is 0 Å². The minimum absolute atomic E-state index is 0.181. The molecular formula is C13H13NO3S. The second-order valence-corrected chi connectivity index (χ2v) is 5.12. The second kappa shape index (κ2) is 5.64. The summed E-state index contributed by atoms with van der Waals surface area (Å²) in [6.07, 6.45) is 3.17. The maximum absolute atomic E-state index is 11.8. The summed E-state index contributed by atoms with van der Waals surface area (Å²) in [5.74, 6) is 0.523. The van der Waals surface area contributed by atoms with Crippen molar-refractivity contribution in [3.05, 3.63) is 54.0 Å². The molecule has 0 aliphatic rings. The van der Waals surface area contributed by atoms with Gasteiger partial charge >= 0.3 is 0 Å². The van der Waals surface area contributed by atoms with Gasteiger partial charge in [0.25, 0.3) is 5.91 Å². The van der Waals surface area contributed by atoms with Gasteiger partial charge in [-0.05, 0) is 36.4 Å². The fourth-order valence-corrected chi connectivity index (χ4v) is 2.00. The Morgan fingerprint density at radius 3 is 2.56 bits per heavy atom. The summed E-state index contributed by atoms with van der Waals surface area (Å²) in [6, 6.07) is 10.3. The van der Waals surface area contributed by atoms with Crippen molar-refractivity contribution in [3.8, 4) is 0 Å². The zero-order valence-corrected chi connectivity index (χ0v) is 10.7. The highest BCUT2D eigenvalue weighted by molar-refractivity contribution is 7.84. The number of carbonyl (C=O) groups excluding carboxylic acids is 1. The van der Waals surface area contributed by atoms with E-state index in [9.17, 15) is 9.00 Å². The molecule has 1 N–H and O–H groups in total. The molecule has 94 valence electrons. The average molecular weight is 263 g/mol. The molecule has 18 heavy (non-hydrogen) atoms. The number of carbonyl (C=O) groups is 1. The average Bonchev–Trinajstić information content (AvgIpc) is 2.89. The predicted octanol–water partition coefficient (Wildman–Crippen LogP) is 1.95. The van der Waals surface area contributed by atoms with Crippen molar-refractivity contribution in [1.82, 2.24) is 5.32 Å². The molecule has 0 fully saturated rings. The Morgan fingerprint density at radius 1 is 1.28 bits per heavy atom. The second-order valence-electron chi connectivity index (χ2n) is 3.74. The summed E-state index contributed by atoms with van der Waals surface area (Å²) >= 11 is 0.